The largest absolute Gasteiger partial charge is 0.353 e. The lowest BCUT2D eigenvalue weighted by Gasteiger charge is -2.20. The minimum atomic E-state index is 0.215. The molecule has 3 heteroatoms. The molecule has 0 radical (unpaired) electrons. The maximum absolute atomic E-state index is 11.7. The van der Waals surface area contributed by atoms with E-state index in [0.29, 0.717) is 18.5 Å². The van der Waals surface area contributed by atoms with Gasteiger partial charge in [0.2, 0.25) is 5.91 Å². The molecule has 1 amide bonds. The number of rotatable bonds is 6. The Bertz CT molecular complexity index is 232. The van der Waals surface area contributed by atoms with Crippen LogP contribution in [0.5, 0.6) is 0 Å². The number of hydrogen-bond acceptors (Lipinski definition) is 2. The van der Waals surface area contributed by atoms with E-state index in [1.807, 2.05) is 0 Å². The van der Waals surface area contributed by atoms with E-state index in [1.165, 1.54) is 38.5 Å². The number of carbonyl (C=O) groups excluding carboxylic acids is 1. The van der Waals surface area contributed by atoms with Crippen molar-refractivity contribution in [3.63, 3.8) is 0 Å². The van der Waals surface area contributed by atoms with Crippen molar-refractivity contribution in [3.8, 4) is 0 Å². The van der Waals surface area contributed by atoms with Gasteiger partial charge in [-0.1, -0.05) is 12.8 Å². The van der Waals surface area contributed by atoms with E-state index in [4.69, 9.17) is 0 Å². The summed E-state index contributed by atoms with van der Waals surface area (Å²) in [6, 6.07) is 1.08. The molecule has 3 nitrogen and oxygen atoms in total. The van der Waals surface area contributed by atoms with E-state index in [9.17, 15) is 4.79 Å². The Morgan fingerprint density at radius 1 is 1.25 bits per heavy atom. The SMILES string of the molecule is C[C@@H](NC(=O)CCNC1CC1)C1CCCC1. The smallest absolute Gasteiger partial charge is 0.221 e. The van der Waals surface area contributed by atoms with Gasteiger partial charge in [-0.15, -0.1) is 0 Å². The van der Waals surface area contributed by atoms with Gasteiger partial charge >= 0.3 is 0 Å². The van der Waals surface area contributed by atoms with Crippen LogP contribution in [0.25, 0.3) is 0 Å². The highest BCUT2D eigenvalue weighted by Crippen LogP contribution is 2.27. The standard InChI is InChI=1S/C13H24N2O/c1-10(11-4-2-3-5-11)15-13(16)8-9-14-12-6-7-12/h10-12,14H,2-9H2,1H3,(H,15,16)/t10-/m1/s1. The molecule has 0 spiro atoms. The van der Waals surface area contributed by atoms with Crippen molar-refractivity contribution in [1.82, 2.24) is 10.6 Å². The molecule has 2 N–H and O–H groups in total. The van der Waals surface area contributed by atoms with Crippen molar-refractivity contribution in [2.75, 3.05) is 6.54 Å². The van der Waals surface area contributed by atoms with Crippen molar-refractivity contribution in [2.45, 2.75) is 64.0 Å². The molecule has 0 aromatic rings. The Morgan fingerprint density at radius 3 is 2.56 bits per heavy atom. The molecule has 0 heterocycles. The van der Waals surface area contributed by atoms with Crippen LogP contribution in [0.15, 0.2) is 0 Å². The Kier molecular flexibility index (Phi) is 4.22. The summed E-state index contributed by atoms with van der Waals surface area (Å²) in [4.78, 5) is 11.7. The maximum atomic E-state index is 11.7. The molecule has 2 rings (SSSR count). The van der Waals surface area contributed by atoms with Gasteiger partial charge in [-0.25, -0.2) is 0 Å². The molecule has 2 aliphatic carbocycles. The minimum absolute atomic E-state index is 0.215. The highest BCUT2D eigenvalue weighted by molar-refractivity contribution is 5.76. The first-order valence-electron chi connectivity index (χ1n) is 6.78. The molecule has 0 aliphatic heterocycles. The van der Waals surface area contributed by atoms with Crippen molar-refractivity contribution in [1.29, 1.82) is 0 Å². The van der Waals surface area contributed by atoms with Gasteiger partial charge in [0.25, 0.3) is 0 Å². The van der Waals surface area contributed by atoms with Gasteiger partial charge in [-0.3, -0.25) is 4.79 Å². The fourth-order valence-electron chi connectivity index (χ4n) is 2.58. The molecule has 1 atom stereocenters. The normalized spacial score (nSPS) is 23.3. The summed E-state index contributed by atoms with van der Waals surface area (Å²) in [6.07, 6.45) is 8.49. The summed E-state index contributed by atoms with van der Waals surface area (Å²) in [5.41, 5.74) is 0. The van der Waals surface area contributed by atoms with Crippen LogP contribution in [0.4, 0.5) is 0 Å². The number of nitrogens with one attached hydrogen (secondary N) is 2. The molecule has 2 fully saturated rings. The van der Waals surface area contributed by atoms with Gasteiger partial charge in [-0.2, -0.15) is 0 Å². The number of carbonyl (C=O) groups is 1. The highest BCUT2D eigenvalue weighted by atomic mass is 16.1. The maximum Gasteiger partial charge on any atom is 0.221 e. The second-order valence-electron chi connectivity index (χ2n) is 5.38. The summed E-state index contributed by atoms with van der Waals surface area (Å²) in [7, 11) is 0. The zero-order chi connectivity index (χ0) is 11.4. The first-order chi connectivity index (χ1) is 7.75. The first kappa shape index (κ1) is 11.9. The third-order valence-electron chi connectivity index (χ3n) is 3.86. The van der Waals surface area contributed by atoms with E-state index >= 15 is 0 Å². The summed E-state index contributed by atoms with van der Waals surface area (Å²) in [5, 5.41) is 6.51. The zero-order valence-electron chi connectivity index (χ0n) is 10.3. The molecule has 0 aromatic carbocycles. The molecule has 0 bridgehead atoms. The van der Waals surface area contributed by atoms with Crippen molar-refractivity contribution in [2.24, 2.45) is 5.92 Å². The van der Waals surface area contributed by atoms with Gasteiger partial charge in [-0.05, 0) is 38.5 Å². The Morgan fingerprint density at radius 2 is 1.94 bits per heavy atom. The molecule has 92 valence electrons. The van der Waals surface area contributed by atoms with Gasteiger partial charge in [0.05, 0.1) is 0 Å². The Hall–Kier alpha value is -0.570. The minimum Gasteiger partial charge on any atom is -0.353 e. The molecule has 2 saturated carbocycles. The lowest BCUT2D eigenvalue weighted by molar-refractivity contribution is -0.121. The van der Waals surface area contributed by atoms with Crippen molar-refractivity contribution >= 4 is 5.91 Å². The van der Waals surface area contributed by atoms with Crippen LogP contribution in [0.3, 0.4) is 0 Å². The number of amides is 1. The van der Waals surface area contributed by atoms with Crippen LogP contribution in [-0.4, -0.2) is 24.5 Å². The van der Waals surface area contributed by atoms with Crippen LogP contribution < -0.4 is 10.6 Å². The number of hydrogen-bond donors (Lipinski definition) is 2. The van der Waals surface area contributed by atoms with E-state index in [0.717, 1.165) is 12.5 Å². The van der Waals surface area contributed by atoms with Crippen LogP contribution >= 0.6 is 0 Å². The van der Waals surface area contributed by atoms with Gasteiger partial charge in [0.15, 0.2) is 0 Å². The topological polar surface area (TPSA) is 41.1 Å². The Balaban J connectivity index is 1.57. The average molecular weight is 224 g/mol. The van der Waals surface area contributed by atoms with Crippen molar-refractivity contribution < 1.29 is 4.79 Å². The quantitative estimate of drug-likeness (QED) is 0.722. The van der Waals surface area contributed by atoms with E-state index in [1.54, 1.807) is 0 Å². The lowest BCUT2D eigenvalue weighted by atomic mass is 10.00. The third-order valence-corrected chi connectivity index (χ3v) is 3.86. The predicted molar refractivity (Wildman–Crippen MR) is 65.2 cm³/mol. The highest BCUT2D eigenvalue weighted by Gasteiger charge is 2.23. The van der Waals surface area contributed by atoms with Gasteiger partial charge < -0.3 is 10.6 Å². The molecule has 0 unspecified atom stereocenters. The van der Waals surface area contributed by atoms with Crippen LogP contribution in [0, 0.1) is 5.92 Å². The fourth-order valence-corrected chi connectivity index (χ4v) is 2.58. The molecule has 16 heavy (non-hydrogen) atoms. The van der Waals surface area contributed by atoms with E-state index < -0.39 is 0 Å². The second-order valence-corrected chi connectivity index (χ2v) is 5.38. The molecule has 0 saturated heterocycles. The lowest BCUT2D eigenvalue weighted by Crippen LogP contribution is -2.38. The Labute approximate surface area is 98.4 Å². The van der Waals surface area contributed by atoms with Crippen LogP contribution in [0.2, 0.25) is 0 Å². The molecule has 2 aliphatic rings. The monoisotopic (exact) mass is 224 g/mol. The first-order valence-corrected chi connectivity index (χ1v) is 6.78. The molecular formula is C13H24N2O. The molecule has 0 aromatic heterocycles. The summed E-state index contributed by atoms with van der Waals surface area (Å²) >= 11 is 0. The molecular weight excluding hydrogens is 200 g/mol. The summed E-state index contributed by atoms with van der Waals surface area (Å²) in [5.74, 6) is 0.938. The second kappa shape index (κ2) is 5.67. The zero-order valence-corrected chi connectivity index (χ0v) is 10.3. The average Bonchev–Trinajstić information content (AvgIpc) is 2.91. The predicted octanol–water partition coefficient (Wildman–Crippen LogP) is 1.82. The fraction of sp³-hybridized carbons (Fsp3) is 0.923. The van der Waals surface area contributed by atoms with Crippen LogP contribution in [-0.2, 0) is 4.79 Å². The van der Waals surface area contributed by atoms with E-state index in [2.05, 4.69) is 17.6 Å². The van der Waals surface area contributed by atoms with Crippen LogP contribution in [0.1, 0.15) is 51.9 Å². The van der Waals surface area contributed by atoms with Gasteiger partial charge in [0.1, 0.15) is 0 Å². The van der Waals surface area contributed by atoms with Gasteiger partial charge in [0, 0.05) is 25.0 Å². The van der Waals surface area contributed by atoms with Crippen molar-refractivity contribution in [3.05, 3.63) is 0 Å². The summed E-state index contributed by atoms with van der Waals surface area (Å²) < 4.78 is 0. The third kappa shape index (κ3) is 3.78. The summed E-state index contributed by atoms with van der Waals surface area (Å²) in [6.45, 7) is 3.00. The van der Waals surface area contributed by atoms with E-state index in [-0.39, 0.29) is 5.91 Å².